The fraction of sp³-hybridized carbons (Fsp3) is 1.00. The minimum absolute atomic E-state index is 0.676. The van der Waals surface area contributed by atoms with E-state index in [1.54, 1.807) is 0 Å². The first-order valence-corrected chi connectivity index (χ1v) is 9.37. The van der Waals surface area contributed by atoms with Crippen molar-refractivity contribution in [3.63, 3.8) is 0 Å². The lowest BCUT2D eigenvalue weighted by Gasteiger charge is -2.50. The molecule has 1 nitrogen and oxygen atoms in total. The molecule has 2 fully saturated rings. The van der Waals surface area contributed by atoms with Gasteiger partial charge in [-0.1, -0.05) is 46.5 Å². The van der Waals surface area contributed by atoms with E-state index in [2.05, 4.69) is 26.1 Å². The molecule has 118 valence electrons. The number of hydrogen-bond donors (Lipinski definition) is 1. The van der Waals surface area contributed by atoms with Gasteiger partial charge in [0, 0.05) is 6.54 Å². The molecule has 2 saturated carbocycles. The summed E-state index contributed by atoms with van der Waals surface area (Å²) < 4.78 is 0. The van der Waals surface area contributed by atoms with E-state index in [4.69, 9.17) is 0 Å². The Hall–Kier alpha value is -0.0400. The van der Waals surface area contributed by atoms with E-state index in [-0.39, 0.29) is 0 Å². The number of nitrogens with one attached hydrogen (secondary N) is 1. The van der Waals surface area contributed by atoms with Crippen molar-refractivity contribution >= 4 is 0 Å². The summed E-state index contributed by atoms with van der Waals surface area (Å²) in [6, 6.07) is 0. The molecule has 1 N–H and O–H groups in total. The molecule has 1 heteroatoms. The van der Waals surface area contributed by atoms with Crippen LogP contribution in [-0.2, 0) is 0 Å². The normalized spacial score (nSPS) is 31.5. The van der Waals surface area contributed by atoms with E-state index in [1.807, 2.05) is 0 Å². The first kappa shape index (κ1) is 16.3. The second-order valence-corrected chi connectivity index (χ2v) is 8.10. The maximum atomic E-state index is 3.80. The molecule has 0 atom stereocenters. The van der Waals surface area contributed by atoms with Crippen LogP contribution in [0.3, 0.4) is 0 Å². The predicted octanol–water partition coefficient (Wildman–Crippen LogP) is 5.40. The summed E-state index contributed by atoms with van der Waals surface area (Å²) in [6.07, 6.45) is 14.9. The van der Waals surface area contributed by atoms with Gasteiger partial charge < -0.3 is 5.32 Å². The molecule has 0 aromatic carbocycles. The van der Waals surface area contributed by atoms with E-state index in [9.17, 15) is 0 Å². The van der Waals surface area contributed by atoms with Crippen LogP contribution in [-0.4, -0.2) is 13.1 Å². The van der Waals surface area contributed by atoms with E-state index in [1.165, 1.54) is 77.3 Å². The van der Waals surface area contributed by atoms with E-state index in [0.29, 0.717) is 5.41 Å². The molecular formula is C19H37N. The Bertz CT molecular complexity index is 259. The molecule has 0 aliphatic heterocycles. The Labute approximate surface area is 127 Å². The van der Waals surface area contributed by atoms with Crippen molar-refractivity contribution in [3.05, 3.63) is 0 Å². The third-order valence-corrected chi connectivity index (χ3v) is 6.07. The maximum Gasteiger partial charge on any atom is 0.00106 e. The predicted molar refractivity (Wildman–Crippen MR) is 89.0 cm³/mol. The van der Waals surface area contributed by atoms with Gasteiger partial charge in [0.05, 0.1) is 0 Å². The number of unbranched alkanes of at least 4 members (excludes halogenated alkanes) is 1. The summed E-state index contributed by atoms with van der Waals surface area (Å²) in [5.74, 6) is 2.89. The molecule has 2 rings (SSSR count). The zero-order valence-corrected chi connectivity index (χ0v) is 14.2. The largest absolute Gasteiger partial charge is 0.316 e. The second-order valence-electron chi connectivity index (χ2n) is 8.10. The van der Waals surface area contributed by atoms with Gasteiger partial charge in [0.25, 0.3) is 0 Å². The van der Waals surface area contributed by atoms with Crippen LogP contribution in [0.4, 0.5) is 0 Å². The number of rotatable bonds is 8. The molecular weight excluding hydrogens is 242 g/mol. The van der Waals surface area contributed by atoms with Gasteiger partial charge in [0.2, 0.25) is 0 Å². The first-order valence-electron chi connectivity index (χ1n) is 9.37. The maximum absolute atomic E-state index is 3.80. The van der Waals surface area contributed by atoms with Crippen LogP contribution in [0, 0.1) is 23.2 Å². The highest BCUT2D eigenvalue weighted by Gasteiger charge is 2.43. The van der Waals surface area contributed by atoms with Gasteiger partial charge in [-0.15, -0.1) is 0 Å². The summed E-state index contributed by atoms with van der Waals surface area (Å²) in [6.45, 7) is 9.48. The highest BCUT2D eigenvalue weighted by Crippen LogP contribution is 2.52. The minimum Gasteiger partial charge on any atom is -0.316 e. The summed E-state index contributed by atoms with van der Waals surface area (Å²) in [5, 5.41) is 3.80. The Morgan fingerprint density at radius 1 is 1.10 bits per heavy atom. The highest BCUT2D eigenvalue weighted by atomic mass is 14.9. The third-order valence-electron chi connectivity index (χ3n) is 6.07. The second kappa shape index (κ2) is 7.82. The van der Waals surface area contributed by atoms with Crippen molar-refractivity contribution < 1.29 is 0 Å². The van der Waals surface area contributed by atoms with Crippen LogP contribution in [0.5, 0.6) is 0 Å². The van der Waals surface area contributed by atoms with Crippen molar-refractivity contribution in [1.29, 1.82) is 0 Å². The number of hydrogen-bond acceptors (Lipinski definition) is 1. The standard InChI is InChI=1S/C19H37N/c1-4-5-7-17-10-12-19(13-11-17,18-8-6-9-18)15-20-14-16(2)3/h16-18,20H,4-15H2,1-3H3. The zero-order chi connectivity index (χ0) is 14.4. The quantitative estimate of drug-likeness (QED) is 0.627. The molecule has 0 unspecified atom stereocenters. The lowest BCUT2D eigenvalue weighted by molar-refractivity contribution is 0.0231. The SMILES string of the molecule is CCCCC1CCC(CNCC(C)C)(C2CCC2)CC1. The van der Waals surface area contributed by atoms with Crippen molar-refractivity contribution in [2.45, 2.75) is 85.0 Å². The summed E-state index contributed by atoms with van der Waals surface area (Å²) in [5.41, 5.74) is 0.676. The van der Waals surface area contributed by atoms with E-state index in [0.717, 1.165) is 17.8 Å². The van der Waals surface area contributed by atoms with E-state index < -0.39 is 0 Å². The van der Waals surface area contributed by atoms with Crippen molar-refractivity contribution in [1.82, 2.24) is 5.32 Å². The highest BCUT2D eigenvalue weighted by molar-refractivity contribution is 4.95. The Kier molecular flexibility index (Phi) is 6.39. The summed E-state index contributed by atoms with van der Waals surface area (Å²) in [4.78, 5) is 0. The van der Waals surface area contributed by atoms with Crippen LogP contribution < -0.4 is 5.32 Å². The molecule has 20 heavy (non-hydrogen) atoms. The monoisotopic (exact) mass is 279 g/mol. The van der Waals surface area contributed by atoms with Gasteiger partial charge in [-0.25, -0.2) is 0 Å². The van der Waals surface area contributed by atoms with Crippen LogP contribution in [0.2, 0.25) is 0 Å². The Balaban J connectivity index is 1.82. The van der Waals surface area contributed by atoms with Gasteiger partial charge in [-0.05, 0) is 68.2 Å². The molecule has 0 radical (unpaired) electrons. The van der Waals surface area contributed by atoms with Gasteiger partial charge in [0.1, 0.15) is 0 Å². The van der Waals surface area contributed by atoms with Crippen LogP contribution in [0.1, 0.15) is 85.0 Å². The van der Waals surface area contributed by atoms with Crippen molar-refractivity contribution in [2.75, 3.05) is 13.1 Å². The Morgan fingerprint density at radius 3 is 2.30 bits per heavy atom. The molecule has 0 amide bonds. The van der Waals surface area contributed by atoms with E-state index >= 15 is 0 Å². The molecule has 0 saturated heterocycles. The Morgan fingerprint density at radius 2 is 1.80 bits per heavy atom. The molecule has 0 bridgehead atoms. The third kappa shape index (κ3) is 4.23. The molecule has 0 aromatic rings. The minimum atomic E-state index is 0.676. The van der Waals surface area contributed by atoms with Crippen LogP contribution in [0.15, 0.2) is 0 Å². The zero-order valence-electron chi connectivity index (χ0n) is 14.2. The fourth-order valence-electron chi connectivity index (χ4n) is 4.39. The molecule has 2 aliphatic carbocycles. The van der Waals surface area contributed by atoms with Gasteiger partial charge in [-0.3, -0.25) is 0 Å². The van der Waals surface area contributed by atoms with Crippen molar-refractivity contribution in [3.8, 4) is 0 Å². The molecule has 0 spiro atoms. The lowest BCUT2D eigenvalue weighted by Crippen LogP contribution is -2.46. The van der Waals surface area contributed by atoms with Gasteiger partial charge in [0.15, 0.2) is 0 Å². The topological polar surface area (TPSA) is 12.0 Å². The molecule has 0 heterocycles. The van der Waals surface area contributed by atoms with Crippen molar-refractivity contribution in [2.24, 2.45) is 23.2 Å². The summed E-state index contributed by atoms with van der Waals surface area (Å²) in [7, 11) is 0. The van der Waals surface area contributed by atoms with Crippen LogP contribution >= 0.6 is 0 Å². The van der Waals surface area contributed by atoms with Crippen LogP contribution in [0.25, 0.3) is 0 Å². The average Bonchev–Trinajstić information content (AvgIpc) is 2.35. The van der Waals surface area contributed by atoms with Gasteiger partial charge in [-0.2, -0.15) is 0 Å². The molecule has 2 aliphatic rings. The molecule has 0 aromatic heterocycles. The fourth-order valence-corrected chi connectivity index (χ4v) is 4.39. The van der Waals surface area contributed by atoms with Gasteiger partial charge >= 0.3 is 0 Å². The average molecular weight is 280 g/mol. The summed E-state index contributed by atoms with van der Waals surface area (Å²) >= 11 is 0. The lowest BCUT2D eigenvalue weighted by atomic mass is 9.57. The first-order chi connectivity index (χ1) is 9.66. The smallest absolute Gasteiger partial charge is 0.00106 e.